The first kappa shape index (κ1) is 16.5. The first-order valence-corrected chi connectivity index (χ1v) is 7.55. The van der Waals surface area contributed by atoms with Crippen molar-refractivity contribution in [3.8, 4) is 0 Å². The Morgan fingerprint density at radius 2 is 2.05 bits per heavy atom. The molecule has 114 valence electrons. The van der Waals surface area contributed by atoms with Gasteiger partial charge in [-0.05, 0) is 32.1 Å². The fraction of sp³-hybridized carbons (Fsp3) is 0.733. The van der Waals surface area contributed by atoms with Crippen LogP contribution < -0.4 is 10.6 Å². The van der Waals surface area contributed by atoms with Crippen LogP contribution in [0.15, 0.2) is 17.4 Å². The lowest BCUT2D eigenvalue weighted by molar-refractivity contribution is 0.567. The number of unbranched alkanes of at least 4 members (excludes halogenated alkanes) is 1. The van der Waals surface area contributed by atoms with Crippen LogP contribution in [0, 0.1) is 12.8 Å². The Bertz CT molecular complexity index is 395. The van der Waals surface area contributed by atoms with Gasteiger partial charge in [-0.1, -0.05) is 13.8 Å². The van der Waals surface area contributed by atoms with E-state index in [1.165, 1.54) is 6.42 Å². The highest BCUT2D eigenvalue weighted by molar-refractivity contribution is 5.79. The molecular formula is C15H29N5. The zero-order chi connectivity index (χ0) is 14.8. The van der Waals surface area contributed by atoms with E-state index in [4.69, 9.17) is 0 Å². The molecular weight excluding hydrogens is 250 g/mol. The van der Waals surface area contributed by atoms with Gasteiger partial charge in [0.1, 0.15) is 5.82 Å². The molecule has 1 heterocycles. The number of imidazole rings is 1. The van der Waals surface area contributed by atoms with E-state index < -0.39 is 0 Å². The topological polar surface area (TPSA) is 54.2 Å². The van der Waals surface area contributed by atoms with E-state index in [-0.39, 0.29) is 0 Å². The van der Waals surface area contributed by atoms with Gasteiger partial charge < -0.3 is 15.2 Å². The van der Waals surface area contributed by atoms with Gasteiger partial charge in [-0.2, -0.15) is 0 Å². The van der Waals surface area contributed by atoms with Crippen LogP contribution >= 0.6 is 0 Å². The minimum Gasteiger partial charge on any atom is -0.356 e. The second-order valence-corrected chi connectivity index (χ2v) is 5.48. The zero-order valence-corrected chi connectivity index (χ0v) is 13.3. The molecule has 0 bridgehead atoms. The Morgan fingerprint density at radius 1 is 1.30 bits per heavy atom. The van der Waals surface area contributed by atoms with Crippen LogP contribution in [0.5, 0.6) is 0 Å². The van der Waals surface area contributed by atoms with Crippen LogP contribution in [0.2, 0.25) is 0 Å². The summed E-state index contributed by atoms with van der Waals surface area (Å²) in [5.41, 5.74) is 0. The van der Waals surface area contributed by atoms with E-state index in [2.05, 4.69) is 39.0 Å². The molecule has 0 saturated carbocycles. The van der Waals surface area contributed by atoms with Crippen molar-refractivity contribution in [2.45, 2.75) is 46.6 Å². The number of guanidine groups is 1. The molecule has 5 heteroatoms. The summed E-state index contributed by atoms with van der Waals surface area (Å²) in [5.74, 6) is 2.72. The number of nitrogens with zero attached hydrogens (tertiary/aromatic N) is 3. The summed E-state index contributed by atoms with van der Waals surface area (Å²) < 4.78 is 2.19. The number of rotatable bonds is 8. The quantitative estimate of drug-likeness (QED) is 0.436. The minimum atomic E-state index is 0.721. The van der Waals surface area contributed by atoms with Gasteiger partial charge in [0.15, 0.2) is 5.96 Å². The number of hydrogen-bond acceptors (Lipinski definition) is 2. The van der Waals surface area contributed by atoms with Crippen molar-refractivity contribution < 1.29 is 0 Å². The first-order valence-electron chi connectivity index (χ1n) is 7.55. The zero-order valence-electron chi connectivity index (χ0n) is 13.3. The number of hydrogen-bond donors (Lipinski definition) is 2. The molecule has 0 aromatic carbocycles. The smallest absolute Gasteiger partial charge is 0.190 e. The maximum atomic E-state index is 4.23. The maximum Gasteiger partial charge on any atom is 0.190 e. The lowest BCUT2D eigenvalue weighted by Gasteiger charge is -2.13. The lowest BCUT2D eigenvalue weighted by atomic mass is 10.1. The largest absolute Gasteiger partial charge is 0.356 e. The highest BCUT2D eigenvalue weighted by Gasteiger charge is 1.99. The summed E-state index contributed by atoms with van der Waals surface area (Å²) in [6.07, 6.45) is 7.33. The predicted octanol–water partition coefficient (Wildman–Crippen LogP) is 2.18. The van der Waals surface area contributed by atoms with Gasteiger partial charge >= 0.3 is 0 Å². The molecule has 1 aromatic rings. The van der Waals surface area contributed by atoms with Gasteiger partial charge in [-0.15, -0.1) is 0 Å². The fourth-order valence-electron chi connectivity index (χ4n) is 1.95. The monoisotopic (exact) mass is 279 g/mol. The molecule has 0 radical (unpaired) electrons. The van der Waals surface area contributed by atoms with Gasteiger partial charge in [0, 0.05) is 39.1 Å². The third-order valence-electron chi connectivity index (χ3n) is 3.28. The van der Waals surface area contributed by atoms with E-state index in [9.17, 15) is 0 Å². The van der Waals surface area contributed by atoms with Gasteiger partial charge in [-0.3, -0.25) is 4.99 Å². The molecule has 0 atom stereocenters. The number of aryl methyl sites for hydroxylation is 2. The molecule has 0 saturated heterocycles. The van der Waals surface area contributed by atoms with Crippen molar-refractivity contribution in [1.29, 1.82) is 0 Å². The molecule has 0 aliphatic carbocycles. The van der Waals surface area contributed by atoms with Gasteiger partial charge in [-0.25, -0.2) is 4.98 Å². The summed E-state index contributed by atoms with van der Waals surface area (Å²) in [4.78, 5) is 8.45. The van der Waals surface area contributed by atoms with Crippen LogP contribution in [0.3, 0.4) is 0 Å². The van der Waals surface area contributed by atoms with E-state index >= 15 is 0 Å². The Balaban J connectivity index is 2.08. The molecule has 0 fully saturated rings. The Morgan fingerprint density at radius 3 is 2.65 bits per heavy atom. The van der Waals surface area contributed by atoms with Crippen LogP contribution in [0.4, 0.5) is 0 Å². The van der Waals surface area contributed by atoms with E-state index in [1.807, 2.05) is 26.4 Å². The summed E-state index contributed by atoms with van der Waals surface area (Å²) in [7, 11) is 1.82. The van der Waals surface area contributed by atoms with Crippen molar-refractivity contribution in [3.05, 3.63) is 18.2 Å². The Kier molecular flexibility index (Phi) is 7.77. The second-order valence-electron chi connectivity index (χ2n) is 5.48. The highest BCUT2D eigenvalue weighted by Crippen LogP contribution is 1.99. The molecule has 0 amide bonds. The van der Waals surface area contributed by atoms with Gasteiger partial charge in [0.25, 0.3) is 0 Å². The standard InChI is InChI=1S/C15H29N5/c1-13(2)7-9-19-15(16-4)18-8-5-6-11-20-12-10-17-14(20)3/h10,12-13H,5-9,11H2,1-4H3,(H2,16,18,19). The van der Waals surface area contributed by atoms with Crippen molar-refractivity contribution in [2.24, 2.45) is 10.9 Å². The molecule has 0 aliphatic heterocycles. The molecule has 20 heavy (non-hydrogen) atoms. The van der Waals surface area contributed by atoms with Crippen molar-refractivity contribution in [3.63, 3.8) is 0 Å². The van der Waals surface area contributed by atoms with Crippen LogP contribution in [0.1, 0.15) is 38.9 Å². The van der Waals surface area contributed by atoms with E-state index in [0.29, 0.717) is 0 Å². The van der Waals surface area contributed by atoms with E-state index in [0.717, 1.165) is 50.2 Å². The summed E-state index contributed by atoms with van der Waals surface area (Å²) in [6.45, 7) is 9.47. The SMILES string of the molecule is CN=C(NCCCCn1ccnc1C)NCCC(C)C. The second kappa shape index (κ2) is 9.39. The van der Waals surface area contributed by atoms with Crippen LogP contribution in [-0.4, -0.2) is 35.6 Å². The summed E-state index contributed by atoms with van der Waals surface area (Å²) in [6, 6.07) is 0. The molecule has 2 N–H and O–H groups in total. The van der Waals surface area contributed by atoms with Gasteiger partial charge in [0.05, 0.1) is 0 Å². The molecule has 1 aromatic heterocycles. The van der Waals surface area contributed by atoms with Crippen LogP contribution in [-0.2, 0) is 6.54 Å². The molecule has 1 rings (SSSR count). The summed E-state index contributed by atoms with van der Waals surface area (Å²) >= 11 is 0. The lowest BCUT2D eigenvalue weighted by Crippen LogP contribution is -2.38. The third-order valence-corrected chi connectivity index (χ3v) is 3.28. The fourth-order valence-corrected chi connectivity index (χ4v) is 1.95. The van der Waals surface area contributed by atoms with Crippen molar-refractivity contribution in [1.82, 2.24) is 20.2 Å². The number of aromatic nitrogens is 2. The van der Waals surface area contributed by atoms with Crippen LogP contribution in [0.25, 0.3) is 0 Å². The van der Waals surface area contributed by atoms with Crippen molar-refractivity contribution >= 4 is 5.96 Å². The first-order chi connectivity index (χ1) is 9.63. The van der Waals surface area contributed by atoms with E-state index in [1.54, 1.807) is 0 Å². The molecule has 5 nitrogen and oxygen atoms in total. The third kappa shape index (κ3) is 6.59. The predicted molar refractivity (Wildman–Crippen MR) is 85.0 cm³/mol. The molecule has 0 aliphatic rings. The average molecular weight is 279 g/mol. The van der Waals surface area contributed by atoms with Gasteiger partial charge in [0.2, 0.25) is 0 Å². The minimum absolute atomic E-state index is 0.721. The Hall–Kier alpha value is -1.52. The maximum absolute atomic E-state index is 4.23. The number of aliphatic imine (C=N–C) groups is 1. The molecule has 0 unspecified atom stereocenters. The normalized spacial score (nSPS) is 11.9. The van der Waals surface area contributed by atoms with Crippen molar-refractivity contribution in [2.75, 3.05) is 20.1 Å². The Labute approximate surface area is 122 Å². The summed E-state index contributed by atoms with van der Waals surface area (Å²) in [5, 5.41) is 6.69. The highest BCUT2D eigenvalue weighted by atomic mass is 15.2. The molecule has 0 spiro atoms. The number of nitrogens with one attached hydrogen (secondary N) is 2. The average Bonchev–Trinajstić information content (AvgIpc) is 2.81.